The monoisotopic (exact) mass is 354 g/mol. The molecular weight excluding hydrogens is 345 g/mol. The number of rotatable bonds is 4. The van der Waals surface area contributed by atoms with Gasteiger partial charge in [-0.15, -0.1) is 0 Å². The second-order valence-electron chi connectivity index (χ2n) is 4.24. The van der Waals surface area contributed by atoms with Crippen molar-refractivity contribution in [1.82, 2.24) is 5.43 Å². The van der Waals surface area contributed by atoms with Crippen LogP contribution >= 0.6 is 23.2 Å². The molecule has 0 saturated carbocycles. The van der Waals surface area contributed by atoms with E-state index < -0.39 is 30.7 Å². The van der Waals surface area contributed by atoms with E-state index in [9.17, 15) is 26.3 Å². The maximum absolute atomic E-state index is 12.7. The average Bonchev–Trinajstić information content (AvgIpc) is 2.28. The molecule has 0 aliphatic rings. The van der Waals surface area contributed by atoms with Crippen LogP contribution in [0.4, 0.5) is 26.3 Å². The molecule has 0 fully saturated rings. The number of halogens is 8. The molecule has 1 rings (SSSR count). The van der Waals surface area contributed by atoms with Gasteiger partial charge in [-0.25, -0.2) is 0 Å². The molecule has 1 aromatic carbocycles. The molecule has 0 aromatic heterocycles. The molecule has 3 N–H and O–H groups in total. The van der Waals surface area contributed by atoms with Crippen LogP contribution in [0.1, 0.15) is 5.56 Å². The average molecular weight is 355 g/mol. The first kappa shape index (κ1) is 18.3. The summed E-state index contributed by atoms with van der Waals surface area (Å²) in [5.74, 6) is 1.24. The molecule has 2 nitrogen and oxygen atoms in total. The first-order valence-electron chi connectivity index (χ1n) is 5.51. The van der Waals surface area contributed by atoms with Crippen molar-refractivity contribution in [3.63, 3.8) is 0 Å². The summed E-state index contributed by atoms with van der Waals surface area (Å²) in [7, 11) is 0. The number of hydrazine groups is 1. The summed E-state index contributed by atoms with van der Waals surface area (Å²) in [6.45, 7) is 0. The Hall–Kier alpha value is -0.700. The summed E-state index contributed by atoms with van der Waals surface area (Å²) >= 11 is 11.5. The Labute approximate surface area is 126 Å². The van der Waals surface area contributed by atoms with Gasteiger partial charge >= 0.3 is 12.4 Å². The van der Waals surface area contributed by atoms with Gasteiger partial charge in [-0.2, -0.15) is 26.3 Å². The Bertz CT molecular complexity index is 454. The van der Waals surface area contributed by atoms with Crippen molar-refractivity contribution in [1.29, 1.82) is 0 Å². The third-order valence-corrected chi connectivity index (χ3v) is 3.52. The molecule has 0 heterocycles. The third-order valence-electron chi connectivity index (χ3n) is 2.81. The molecule has 0 aliphatic heterocycles. The molecule has 0 bridgehead atoms. The second-order valence-corrected chi connectivity index (χ2v) is 5.05. The van der Waals surface area contributed by atoms with E-state index in [1.165, 1.54) is 18.2 Å². The Morgan fingerprint density at radius 3 is 1.76 bits per heavy atom. The van der Waals surface area contributed by atoms with Crippen molar-refractivity contribution >= 4 is 23.2 Å². The number of hydrogen-bond acceptors (Lipinski definition) is 2. The predicted molar refractivity (Wildman–Crippen MR) is 66.9 cm³/mol. The van der Waals surface area contributed by atoms with Gasteiger partial charge in [0.25, 0.3) is 0 Å². The highest BCUT2D eigenvalue weighted by molar-refractivity contribution is 6.36. The van der Waals surface area contributed by atoms with E-state index in [4.69, 9.17) is 29.0 Å². The minimum atomic E-state index is -5.51. The Balaban J connectivity index is 3.17. The zero-order valence-electron chi connectivity index (χ0n) is 10.2. The van der Waals surface area contributed by atoms with Gasteiger partial charge in [0.15, 0.2) is 5.92 Å². The Kier molecular flexibility index (Phi) is 5.76. The standard InChI is InChI=1S/C11H10Cl2F6N2/c12-6-2-1-3-7(13)5(6)4-8(21-20)9(10(14,15)16)11(17,18)19/h1-3,8-9,21H,4,20H2. The molecule has 1 atom stereocenters. The highest BCUT2D eigenvalue weighted by Gasteiger charge is 2.60. The Morgan fingerprint density at radius 2 is 1.43 bits per heavy atom. The summed E-state index contributed by atoms with van der Waals surface area (Å²) in [5.41, 5.74) is 1.52. The van der Waals surface area contributed by atoms with Crippen molar-refractivity contribution < 1.29 is 26.3 Å². The molecule has 10 heteroatoms. The first-order valence-corrected chi connectivity index (χ1v) is 6.26. The Morgan fingerprint density at radius 1 is 1.00 bits per heavy atom. The summed E-state index contributed by atoms with van der Waals surface area (Å²) in [6.07, 6.45) is -11.7. The van der Waals surface area contributed by atoms with E-state index in [2.05, 4.69) is 0 Å². The number of benzene rings is 1. The van der Waals surface area contributed by atoms with Gasteiger partial charge in [-0.1, -0.05) is 29.3 Å². The maximum Gasteiger partial charge on any atom is 0.402 e. The normalized spacial score (nSPS) is 14.6. The molecule has 0 amide bonds. The topological polar surface area (TPSA) is 38.0 Å². The van der Waals surface area contributed by atoms with Crippen LogP contribution in [0, 0.1) is 5.92 Å². The van der Waals surface area contributed by atoms with Crippen molar-refractivity contribution in [3.05, 3.63) is 33.8 Å². The molecule has 1 unspecified atom stereocenters. The summed E-state index contributed by atoms with van der Waals surface area (Å²) in [6, 6.07) is 1.89. The van der Waals surface area contributed by atoms with Crippen LogP contribution in [0.3, 0.4) is 0 Å². The number of nitrogens with two attached hydrogens (primary N) is 1. The van der Waals surface area contributed by atoms with Crippen molar-refractivity contribution in [2.24, 2.45) is 11.8 Å². The summed E-state index contributed by atoms with van der Waals surface area (Å²) in [4.78, 5) is 0. The second kappa shape index (κ2) is 6.60. The zero-order valence-corrected chi connectivity index (χ0v) is 11.7. The van der Waals surface area contributed by atoms with E-state index in [1.54, 1.807) is 5.43 Å². The first-order chi connectivity index (χ1) is 9.48. The molecule has 0 aliphatic carbocycles. The molecule has 0 spiro atoms. The lowest BCUT2D eigenvalue weighted by molar-refractivity contribution is -0.291. The van der Waals surface area contributed by atoms with Crippen LogP contribution in [0.5, 0.6) is 0 Å². The van der Waals surface area contributed by atoms with Crippen LogP contribution in [-0.4, -0.2) is 18.4 Å². The molecule has 0 saturated heterocycles. The minimum absolute atomic E-state index is 0.0363. The van der Waals surface area contributed by atoms with E-state index in [1.807, 2.05) is 0 Å². The van der Waals surface area contributed by atoms with Crippen LogP contribution in [0.15, 0.2) is 18.2 Å². The molecule has 1 aromatic rings. The molecule has 0 radical (unpaired) electrons. The third kappa shape index (κ3) is 4.64. The smallest absolute Gasteiger partial charge is 0.271 e. The van der Waals surface area contributed by atoms with Crippen LogP contribution in [0.25, 0.3) is 0 Å². The summed E-state index contributed by atoms with van der Waals surface area (Å²) in [5, 5.41) is -0.0725. The van der Waals surface area contributed by atoms with Crippen LogP contribution in [0.2, 0.25) is 10.0 Å². The highest BCUT2D eigenvalue weighted by Crippen LogP contribution is 2.42. The van der Waals surface area contributed by atoms with Gasteiger partial charge in [-0.3, -0.25) is 11.3 Å². The van der Waals surface area contributed by atoms with Crippen molar-refractivity contribution in [2.45, 2.75) is 24.8 Å². The number of hydrogen-bond donors (Lipinski definition) is 2. The molecular formula is C11H10Cl2F6N2. The fraction of sp³-hybridized carbons (Fsp3) is 0.455. The SMILES string of the molecule is NNC(Cc1c(Cl)cccc1Cl)C(C(F)(F)F)C(F)(F)F. The van der Waals surface area contributed by atoms with Gasteiger partial charge < -0.3 is 0 Å². The number of nitrogens with one attached hydrogen (secondary N) is 1. The van der Waals surface area contributed by atoms with Crippen molar-refractivity contribution in [2.75, 3.05) is 0 Å². The van der Waals surface area contributed by atoms with Crippen molar-refractivity contribution in [3.8, 4) is 0 Å². The zero-order chi connectivity index (χ0) is 16.4. The van der Waals surface area contributed by atoms with E-state index in [0.717, 1.165) is 0 Å². The minimum Gasteiger partial charge on any atom is -0.271 e. The van der Waals surface area contributed by atoms with Crippen LogP contribution in [-0.2, 0) is 6.42 Å². The lowest BCUT2D eigenvalue weighted by atomic mass is 9.92. The largest absolute Gasteiger partial charge is 0.402 e. The fourth-order valence-electron chi connectivity index (χ4n) is 1.86. The van der Waals surface area contributed by atoms with Gasteiger partial charge in [-0.05, 0) is 24.1 Å². The molecule has 120 valence electrons. The lowest BCUT2D eigenvalue weighted by Crippen LogP contribution is -2.54. The van der Waals surface area contributed by atoms with E-state index in [0.29, 0.717) is 0 Å². The fourth-order valence-corrected chi connectivity index (χ4v) is 2.41. The van der Waals surface area contributed by atoms with E-state index >= 15 is 0 Å². The van der Waals surface area contributed by atoms with E-state index in [-0.39, 0.29) is 15.6 Å². The maximum atomic E-state index is 12.7. The summed E-state index contributed by atoms with van der Waals surface area (Å²) < 4.78 is 76.1. The van der Waals surface area contributed by atoms with Gasteiger partial charge in [0.1, 0.15) is 0 Å². The quantitative estimate of drug-likeness (QED) is 0.485. The van der Waals surface area contributed by atoms with Crippen LogP contribution < -0.4 is 11.3 Å². The number of alkyl halides is 6. The van der Waals surface area contributed by atoms with Gasteiger partial charge in [0.2, 0.25) is 0 Å². The van der Waals surface area contributed by atoms with Gasteiger partial charge in [0.05, 0.1) is 0 Å². The molecule has 21 heavy (non-hydrogen) atoms. The van der Waals surface area contributed by atoms with Gasteiger partial charge in [0, 0.05) is 16.1 Å². The lowest BCUT2D eigenvalue weighted by Gasteiger charge is -2.30. The predicted octanol–water partition coefficient (Wildman–Crippen LogP) is 4.11. The highest BCUT2D eigenvalue weighted by atomic mass is 35.5.